The van der Waals surface area contributed by atoms with Crippen LogP contribution >= 0.6 is 0 Å². The third-order valence-corrected chi connectivity index (χ3v) is 9.87. The maximum atomic E-state index is 12.7. The molecule has 4 N–H and O–H groups in total. The van der Waals surface area contributed by atoms with Gasteiger partial charge in [-0.2, -0.15) is 0 Å². The molecule has 0 aromatic carbocycles. The highest BCUT2D eigenvalue weighted by Crippen LogP contribution is 2.22. The molecule has 1 saturated heterocycles. The van der Waals surface area contributed by atoms with Crippen molar-refractivity contribution in [1.29, 1.82) is 0 Å². The lowest BCUT2D eigenvalue weighted by molar-refractivity contribution is -0.305. The Morgan fingerprint density at radius 2 is 1.12 bits per heavy atom. The highest BCUT2D eigenvalue weighted by Gasteiger charge is 2.44. The normalized spacial score (nSPS) is 21.4. The van der Waals surface area contributed by atoms with Gasteiger partial charge in [0.05, 0.1) is 19.8 Å². The van der Waals surface area contributed by atoms with E-state index < -0.39 is 43.4 Å². The summed E-state index contributed by atoms with van der Waals surface area (Å²) in [7, 11) is 0. The average molecular weight is 741 g/mol. The van der Waals surface area contributed by atoms with Gasteiger partial charge in [0.15, 0.2) is 6.29 Å². The Kier molecular flexibility index (Phi) is 33.1. The zero-order valence-electron chi connectivity index (χ0n) is 33.3. The fourth-order valence-electron chi connectivity index (χ4n) is 6.46. The van der Waals surface area contributed by atoms with Gasteiger partial charge in [-0.15, -0.1) is 0 Å². The predicted octanol–water partition coefficient (Wildman–Crippen LogP) is 9.03. The van der Waals surface area contributed by atoms with E-state index in [1.165, 1.54) is 122 Å². The second-order valence-corrected chi connectivity index (χ2v) is 14.8. The number of esters is 1. The largest absolute Gasteiger partial charge is 0.457 e. The van der Waals surface area contributed by atoms with Gasteiger partial charge >= 0.3 is 5.97 Å². The Morgan fingerprint density at radius 1 is 0.615 bits per heavy atom. The first kappa shape index (κ1) is 48.7. The van der Waals surface area contributed by atoms with Crippen LogP contribution in [0.15, 0.2) is 24.3 Å². The first-order chi connectivity index (χ1) is 25.4. The summed E-state index contributed by atoms with van der Waals surface area (Å²) in [5.41, 5.74) is 0. The second-order valence-electron chi connectivity index (χ2n) is 14.8. The Labute approximate surface area is 317 Å². The van der Waals surface area contributed by atoms with E-state index in [1.54, 1.807) is 0 Å². The molecule has 1 fully saturated rings. The van der Waals surface area contributed by atoms with Crippen molar-refractivity contribution < 1.29 is 44.2 Å². The Morgan fingerprint density at radius 3 is 1.69 bits per heavy atom. The molecular formula is C43H80O9. The molecule has 0 aromatic rings. The van der Waals surface area contributed by atoms with Gasteiger partial charge in [0.2, 0.25) is 0 Å². The molecule has 0 radical (unpaired) electrons. The van der Waals surface area contributed by atoms with Crippen LogP contribution in [0, 0.1) is 0 Å². The SMILES string of the molecule is CCCCC/C=C\C/C=C\CCCCCCCCCCCC(=O)OC(COCCCCCCCCCCCC)COC1OC(CO)C(O)C(O)C1O. The zero-order valence-corrected chi connectivity index (χ0v) is 33.3. The molecule has 0 saturated carbocycles. The van der Waals surface area contributed by atoms with E-state index in [0.29, 0.717) is 13.0 Å². The molecular weight excluding hydrogens is 660 g/mol. The Balaban J connectivity index is 2.25. The van der Waals surface area contributed by atoms with Crippen molar-refractivity contribution >= 4 is 5.97 Å². The molecule has 1 heterocycles. The van der Waals surface area contributed by atoms with Gasteiger partial charge < -0.3 is 39.4 Å². The van der Waals surface area contributed by atoms with Gasteiger partial charge in [-0.3, -0.25) is 4.79 Å². The molecule has 1 aliphatic heterocycles. The van der Waals surface area contributed by atoms with Gasteiger partial charge in [0, 0.05) is 13.0 Å². The van der Waals surface area contributed by atoms with E-state index in [4.69, 9.17) is 18.9 Å². The first-order valence-electron chi connectivity index (χ1n) is 21.4. The van der Waals surface area contributed by atoms with E-state index in [2.05, 4.69) is 38.2 Å². The summed E-state index contributed by atoms with van der Waals surface area (Å²) in [6.45, 7) is 4.53. The number of carbonyl (C=O) groups is 1. The van der Waals surface area contributed by atoms with Crippen molar-refractivity contribution in [3.8, 4) is 0 Å². The molecule has 0 spiro atoms. The zero-order chi connectivity index (χ0) is 37.9. The molecule has 306 valence electrons. The average Bonchev–Trinajstić information content (AvgIpc) is 3.14. The number of carbonyl (C=O) groups excluding carboxylic acids is 1. The molecule has 6 atom stereocenters. The van der Waals surface area contributed by atoms with Crippen LogP contribution in [0.3, 0.4) is 0 Å². The van der Waals surface area contributed by atoms with Crippen LogP contribution in [0.1, 0.15) is 181 Å². The maximum Gasteiger partial charge on any atom is 0.306 e. The fourth-order valence-corrected chi connectivity index (χ4v) is 6.46. The molecule has 0 bridgehead atoms. The lowest BCUT2D eigenvalue weighted by atomic mass is 9.99. The van der Waals surface area contributed by atoms with Crippen LogP contribution in [0.25, 0.3) is 0 Å². The molecule has 9 nitrogen and oxygen atoms in total. The van der Waals surface area contributed by atoms with Crippen molar-refractivity contribution in [3.05, 3.63) is 24.3 Å². The number of unbranched alkanes of at least 4 members (excludes halogenated alkanes) is 21. The van der Waals surface area contributed by atoms with Gasteiger partial charge in [0.1, 0.15) is 30.5 Å². The quantitative estimate of drug-likeness (QED) is 0.0282. The van der Waals surface area contributed by atoms with Gasteiger partial charge in [-0.05, 0) is 44.9 Å². The monoisotopic (exact) mass is 741 g/mol. The van der Waals surface area contributed by atoms with Crippen molar-refractivity contribution in [2.24, 2.45) is 0 Å². The molecule has 0 aromatic heterocycles. The van der Waals surface area contributed by atoms with Crippen molar-refractivity contribution in [2.45, 2.75) is 218 Å². The number of aliphatic hydroxyl groups is 4. The summed E-state index contributed by atoms with van der Waals surface area (Å²) in [5.74, 6) is -0.318. The lowest BCUT2D eigenvalue weighted by Gasteiger charge is -2.39. The molecule has 0 amide bonds. The highest BCUT2D eigenvalue weighted by molar-refractivity contribution is 5.69. The topological polar surface area (TPSA) is 135 Å². The summed E-state index contributed by atoms with van der Waals surface area (Å²) in [5, 5.41) is 40.0. The van der Waals surface area contributed by atoms with E-state index in [9.17, 15) is 25.2 Å². The number of rotatable bonds is 36. The van der Waals surface area contributed by atoms with E-state index in [1.807, 2.05) is 0 Å². The minimum absolute atomic E-state index is 0.112. The summed E-state index contributed by atoms with van der Waals surface area (Å²) >= 11 is 0. The predicted molar refractivity (Wildman–Crippen MR) is 210 cm³/mol. The lowest BCUT2D eigenvalue weighted by Crippen LogP contribution is -2.59. The summed E-state index contributed by atoms with van der Waals surface area (Å²) in [6.07, 6.45) is 32.0. The van der Waals surface area contributed by atoms with Crippen LogP contribution in [0.2, 0.25) is 0 Å². The smallest absolute Gasteiger partial charge is 0.306 e. The fraction of sp³-hybridized carbons (Fsp3) is 0.884. The van der Waals surface area contributed by atoms with E-state index >= 15 is 0 Å². The molecule has 52 heavy (non-hydrogen) atoms. The minimum Gasteiger partial charge on any atom is -0.457 e. The number of hydrogen-bond donors (Lipinski definition) is 4. The minimum atomic E-state index is -1.53. The van der Waals surface area contributed by atoms with E-state index in [-0.39, 0.29) is 19.2 Å². The van der Waals surface area contributed by atoms with Gasteiger partial charge in [-0.1, -0.05) is 154 Å². The standard InChI is InChI=1S/C43H80O9/c1-3-5-7-9-11-13-15-16-17-18-19-20-21-22-23-24-26-28-30-32-39(45)51-37(35-49-33-31-29-27-25-14-12-10-8-6-4-2)36-50-43-42(48)41(47)40(46)38(34-44)52-43/h11,13,16-17,37-38,40-44,46-48H,3-10,12,14-15,18-36H2,1-2H3/b13-11-,17-16-. The number of allylic oxidation sites excluding steroid dienone is 4. The molecule has 1 aliphatic rings. The van der Waals surface area contributed by atoms with Crippen LogP contribution in [0.4, 0.5) is 0 Å². The summed E-state index contributed by atoms with van der Waals surface area (Å²) in [6, 6.07) is 0. The van der Waals surface area contributed by atoms with Gasteiger partial charge in [0.25, 0.3) is 0 Å². The van der Waals surface area contributed by atoms with Gasteiger partial charge in [-0.25, -0.2) is 0 Å². The number of aliphatic hydroxyl groups excluding tert-OH is 4. The summed E-state index contributed by atoms with van der Waals surface area (Å²) < 4.78 is 22.7. The third-order valence-electron chi connectivity index (χ3n) is 9.87. The summed E-state index contributed by atoms with van der Waals surface area (Å²) in [4.78, 5) is 12.7. The second kappa shape index (κ2) is 35.4. The first-order valence-corrected chi connectivity index (χ1v) is 21.4. The Bertz CT molecular complexity index is 848. The molecule has 9 heteroatoms. The highest BCUT2D eigenvalue weighted by atomic mass is 16.7. The number of ether oxygens (including phenoxy) is 4. The van der Waals surface area contributed by atoms with Crippen LogP contribution in [-0.2, 0) is 23.7 Å². The van der Waals surface area contributed by atoms with Crippen LogP contribution < -0.4 is 0 Å². The molecule has 1 rings (SSSR count). The Hall–Kier alpha value is -1.33. The van der Waals surface area contributed by atoms with Crippen LogP contribution in [-0.4, -0.2) is 89.6 Å². The molecule has 6 unspecified atom stereocenters. The van der Waals surface area contributed by atoms with Crippen molar-refractivity contribution in [2.75, 3.05) is 26.4 Å². The van der Waals surface area contributed by atoms with E-state index in [0.717, 1.165) is 38.5 Å². The van der Waals surface area contributed by atoms with Crippen molar-refractivity contribution in [1.82, 2.24) is 0 Å². The maximum absolute atomic E-state index is 12.7. The number of hydrogen-bond acceptors (Lipinski definition) is 9. The van der Waals surface area contributed by atoms with Crippen molar-refractivity contribution in [3.63, 3.8) is 0 Å². The molecule has 0 aliphatic carbocycles. The van der Waals surface area contributed by atoms with Crippen LogP contribution in [0.5, 0.6) is 0 Å². The third kappa shape index (κ3) is 26.4.